The minimum atomic E-state index is -2.54. The molecule has 0 bridgehead atoms. The molecule has 92 valence electrons. The molecule has 0 aliphatic carbocycles. The summed E-state index contributed by atoms with van der Waals surface area (Å²) in [6.45, 7) is -1.10. The van der Waals surface area contributed by atoms with Gasteiger partial charge in [-0.25, -0.2) is 13.2 Å². The number of ether oxygens (including phenoxy) is 1. The zero-order chi connectivity index (χ0) is 12.7. The third-order valence-corrected chi connectivity index (χ3v) is 1.88. The topological polar surface area (TPSA) is 29.5 Å². The number of hydrogen-bond acceptors (Lipinski definition) is 2. The van der Waals surface area contributed by atoms with Gasteiger partial charge in [-0.05, 0) is 17.7 Å². The van der Waals surface area contributed by atoms with Crippen molar-refractivity contribution in [2.75, 3.05) is 13.2 Å². The van der Waals surface area contributed by atoms with Crippen LogP contribution in [0.4, 0.5) is 13.2 Å². The fourth-order valence-electron chi connectivity index (χ4n) is 1.18. The van der Waals surface area contributed by atoms with Crippen LogP contribution in [0, 0.1) is 17.7 Å². The maximum absolute atomic E-state index is 12.9. The maximum atomic E-state index is 12.9. The minimum absolute atomic E-state index is 0.0694. The van der Waals surface area contributed by atoms with Gasteiger partial charge in [0.1, 0.15) is 19.0 Å². The molecule has 0 saturated heterocycles. The van der Waals surface area contributed by atoms with Gasteiger partial charge in [0, 0.05) is 5.56 Å². The number of rotatable bonds is 4. The lowest BCUT2D eigenvalue weighted by Crippen LogP contribution is -2.05. The van der Waals surface area contributed by atoms with Crippen LogP contribution in [0.2, 0.25) is 0 Å². The first kappa shape index (κ1) is 13.6. The molecule has 0 aliphatic rings. The zero-order valence-corrected chi connectivity index (χ0v) is 8.92. The van der Waals surface area contributed by atoms with Crippen LogP contribution in [-0.4, -0.2) is 24.7 Å². The maximum Gasteiger partial charge on any atom is 0.261 e. The predicted octanol–water partition coefficient (Wildman–Crippen LogP) is 1.95. The number of aliphatic hydroxyl groups is 1. The van der Waals surface area contributed by atoms with Crippen LogP contribution < -0.4 is 0 Å². The van der Waals surface area contributed by atoms with Crippen molar-refractivity contribution in [3.8, 4) is 11.8 Å². The monoisotopic (exact) mass is 244 g/mol. The van der Waals surface area contributed by atoms with E-state index in [1.807, 2.05) is 0 Å². The second-order valence-electron chi connectivity index (χ2n) is 3.17. The highest BCUT2D eigenvalue weighted by Gasteiger charge is 2.05. The Morgan fingerprint density at radius 1 is 1.35 bits per heavy atom. The Balaban J connectivity index is 2.76. The highest BCUT2D eigenvalue weighted by atomic mass is 19.3. The predicted molar refractivity (Wildman–Crippen MR) is 56.0 cm³/mol. The lowest BCUT2D eigenvalue weighted by atomic mass is 10.1. The highest BCUT2D eigenvalue weighted by molar-refractivity contribution is 5.41. The molecule has 2 nitrogen and oxygen atoms in total. The largest absolute Gasteiger partial charge is 0.384 e. The summed E-state index contributed by atoms with van der Waals surface area (Å²) in [7, 11) is 0. The van der Waals surface area contributed by atoms with E-state index >= 15 is 0 Å². The van der Waals surface area contributed by atoms with E-state index < -0.39 is 18.8 Å². The van der Waals surface area contributed by atoms with Crippen LogP contribution >= 0.6 is 0 Å². The van der Waals surface area contributed by atoms with Crippen LogP contribution in [0.3, 0.4) is 0 Å². The molecule has 0 unspecified atom stereocenters. The molecule has 0 fully saturated rings. The van der Waals surface area contributed by atoms with Crippen molar-refractivity contribution < 1.29 is 23.0 Å². The Hall–Kier alpha value is -1.51. The molecule has 5 heteroatoms. The third-order valence-electron chi connectivity index (χ3n) is 1.88. The lowest BCUT2D eigenvalue weighted by Gasteiger charge is -2.06. The SMILES string of the molecule is OCC#Cc1cc(F)ccc1COCC(F)F. The molecule has 1 aromatic rings. The van der Waals surface area contributed by atoms with Gasteiger partial charge >= 0.3 is 0 Å². The van der Waals surface area contributed by atoms with Crippen LogP contribution in [0.1, 0.15) is 11.1 Å². The van der Waals surface area contributed by atoms with E-state index in [2.05, 4.69) is 11.8 Å². The fourth-order valence-corrected chi connectivity index (χ4v) is 1.18. The zero-order valence-electron chi connectivity index (χ0n) is 8.92. The molecule has 1 rings (SSSR count). The van der Waals surface area contributed by atoms with Crippen molar-refractivity contribution >= 4 is 0 Å². The van der Waals surface area contributed by atoms with E-state index in [1.54, 1.807) is 0 Å². The molecule has 0 heterocycles. The number of halogens is 3. The molecule has 0 atom stereocenters. The van der Waals surface area contributed by atoms with Gasteiger partial charge in [-0.3, -0.25) is 0 Å². The van der Waals surface area contributed by atoms with Crippen molar-refractivity contribution in [3.05, 3.63) is 35.1 Å². The molecule has 1 N–H and O–H groups in total. The Morgan fingerprint density at radius 2 is 2.12 bits per heavy atom. The second-order valence-corrected chi connectivity index (χ2v) is 3.17. The van der Waals surface area contributed by atoms with E-state index in [0.717, 1.165) is 0 Å². The van der Waals surface area contributed by atoms with E-state index in [4.69, 9.17) is 9.84 Å². The second kappa shape index (κ2) is 6.94. The van der Waals surface area contributed by atoms with Gasteiger partial charge in [-0.2, -0.15) is 0 Å². The number of hydrogen-bond donors (Lipinski definition) is 1. The number of alkyl halides is 2. The Bertz CT molecular complexity index is 421. The van der Waals surface area contributed by atoms with Crippen molar-refractivity contribution in [2.45, 2.75) is 13.0 Å². The van der Waals surface area contributed by atoms with Gasteiger partial charge in [0.25, 0.3) is 6.43 Å². The van der Waals surface area contributed by atoms with Gasteiger partial charge in [0.05, 0.1) is 6.61 Å². The van der Waals surface area contributed by atoms with Gasteiger partial charge in [0.15, 0.2) is 0 Å². The quantitative estimate of drug-likeness (QED) is 0.820. The van der Waals surface area contributed by atoms with Gasteiger partial charge in [0.2, 0.25) is 0 Å². The van der Waals surface area contributed by atoms with E-state index in [0.29, 0.717) is 11.1 Å². The summed E-state index contributed by atoms with van der Waals surface area (Å²) in [5, 5.41) is 8.54. The molecule has 0 radical (unpaired) electrons. The molecular weight excluding hydrogens is 233 g/mol. The standard InChI is InChI=1S/C12H11F3O2/c13-11-4-3-10(7-17-8-12(14)15)9(6-11)2-1-5-16/h3-4,6,12,16H,5,7-8H2. The summed E-state index contributed by atoms with van der Waals surface area (Å²) in [6, 6.07) is 3.79. The molecule has 17 heavy (non-hydrogen) atoms. The Kier molecular flexibility index (Phi) is 5.53. The summed E-state index contributed by atoms with van der Waals surface area (Å²) in [6.07, 6.45) is -2.54. The number of aliphatic hydroxyl groups excluding tert-OH is 1. The van der Waals surface area contributed by atoms with Crippen LogP contribution in [-0.2, 0) is 11.3 Å². The lowest BCUT2D eigenvalue weighted by molar-refractivity contribution is 0.00980. The van der Waals surface area contributed by atoms with Crippen LogP contribution in [0.15, 0.2) is 18.2 Å². The van der Waals surface area contributed by atoms with E-state index in [-0.39, 0.29) is 13.2 Å². The average Bonchev–Trinajstić information content (AvgIpc) is 2.28. The normalized spacial score (nSPS) is 10.2. The van der Waals surface area contributed by atoms with Crippen molar-refractivity contribution in [1.82, 2.24) is 0 Å². The van der Waals surface area contributed by atoms with Gasteiger partial charge in [-0.15, -0.1) is 0 Å². The molecule has 0 aromatic heterocycles. The first-order valence-corrected chi connectivity index (χ1v) is 4.87. The van der Waals surface area contributed by atoms with Crippen molar-refractivity contribution in [3.63, 3.8) is 0 Å². The summed E-state index contributed by atoms with van der Waals surface area (Å²) >= 11 is 0. The minimum Gasteiger partial charge on any atom is -0.384 e. The third kappa shape index (κ3) is 4.89. The van der Waals surface area contributed by atoms with Crippen molar-refractivity contribution in [2.24, 2.45) is 0 Å². The first-order valence-electron chi connectivity index (χ1n) is 4.87. The van der Waals surface area contributed by atoms with Crippen molar-refractivity contribution in [1.29, 1.82) is 0 Å². The van der Waals surface area contributed by atoms with Gasteiger partial charge < -0.3 is 9.84 Å². The van der Waals surface area contributed by atoms with E-state index in [9.17, 15) is 13.2 Å². The Labute approximate surface area is 97.0 Å². The van der Waals surface area contributed by atoms with Gasteiger partial charge in [-0.1, -0.05) is 17.9 Å². The molecular formula is C12H11F3O2. The average molecular weight is 244 g/mol. The highest BCUT2D eigenvalue weighted by Crippen LogP contribution is 2.12. The molecule has 0 aliphatic heterocycles. The summed E-state index contributed by atoms with van der Waals surface area (Å²) < 4.78 is 41.4. The summed E-state index contributed by atoms with van der Waals surface area (Å²) in [5.41, 5.74) is 0.835. The first-order chi connectivity index (χ1) is 8.13. The van der Waals surface area contributed by atoms with Crippen LogP contribution in [0.5, 0.6) is 0 Å². The fraction of sp³-hybridized carbons (Fsp3) is 0.333. The smallest absolute Gasteiger partial charge is 0.261 e. The summed E-state index contributed by atoms with van der Waals surface area (Å²) in [4.78, 5) is 0. The molecule has 0 spiro atoms. The van der Waals surface area contributed by atoms with E-state index in [1.165, 1.54) is 18.2 Å². The molecule has 0 amide bonds. The summed E-state index contributed by atoms with van der Waals surface area (Å²) in [5.74, 6) is 4.42. The Morgan fingerprint density at radius 3 is 2.76 bits per heavy atom. The molecule has 0 saturated carbocycles. The molecule has 1 aromatic carbocycles. The van der Waals surface area contributed by atoms with Crippen LogP contribution in [0.25, 0.3) is 0 Å². The number of benzene rings is 1.